The quantitative estimate of drug-likeness (QED) is 0.557. The number of hydrogen-bond donors (Lipinski definition) is 0. The van der Waals surface area contributed by atoms with Crippen LogP contribution in [0.15, 0.2) is 35.7 Å². The first kappa shape index (κ1) is 15.0. The third-order valence-corrected chi connectivity index (χ3v) is 4.04. The van der Waals surface area contributed by atoms with Crippen molar-refractivity contribution >= 4 is 39.5 Å². The molecule has 20 heavy (non-hydrogen) atoms. The molecule has 0 aliphatic heterocycles. The Morgan fingerprint density at radius 2 is 2.10 bits per heavy atom. The van der Waals surface area contributed by atoms with Crippen LogP contribution in [-0.2, 0) is 0 Å². The zero-order valence-corrected chi connectivity index (χ0v) is 13.0. The number of carbonyl (C=O) groups is 1. The predicted octanol–water partition coefficient (Wildman–Crippen LogP) is 4.50. The van der Waals surface area contributed by atoms with Gasteiger partial charge in [-0.3, -0.25) is 4.79 Å². The second-order valence-electron chi connectivity index (χ2n) is 4.41. The molecule has 0 fully saturated rings. The van der Waals surface area contributed by atoms with E-state index in [9.17, 15) is 4.79 Å². The van der Waals surface area contributed by atoms with Gasteiger partial charge in [-0.05, 0) is 18.6 Å². The van der Waals surface area contributed by atoms with Crippen molar-refractivity contribution in [1.82, 2.24) is 4.98 Å². The number of halogens is 1. The summed E-state index contributed by atoms with van der Waals surface area (Å²) in [5.41, 5.74) is 1.55. The number of Topliss-reactive ketones (excluding diaryl/α,β-unsaturated/α-hetero) is 1. The van der Waals surface area contributed by atoms with Crippen LogP contribution in [0, 0.1) is 0 Å². The lowest BCUT2D eigenvalue weighted by atomic mass is 10.2. The monoisotopic (exact) mass is 308 g/mol. The zero-order chi connectivity index (χ0) is 14.4. The first-order chi connectivity index (χ1) is 9.76. The number of anilines is 2. The van der Waals surface area contributed by atoms with E-state index in [4.69, 9.17) is 11.6 Å². The molecule has 3 nitrogen and oxygen atoms in total. The maximum Gasteiger partial charge on any atom is 0.196 e. The number of hydrogen-bond acceptors (Lipinski definition) is 4. The number of benzene rings is 1. The summed E-state index contributed by atoms with van der Waals surface area (Å²) < 4.78 is 0. The number of ketones is 1. The largest absolute Gasteiger partial charge is 0.318 e. The van der Waals surface area contributed by atoms with E-state index in [0.29, 0.717) is 5.69 Å². The minimum atomic E-state index is -0.127. The fraction of sp³-hybridized carbons (Fsp3) is 0.333. The molecule has 0 N–H and O–H groups in total. The van der Waals surface area contributed by atoms with Gasteiger partial charge < -0.3 is 4.90 Å². The summed E-state index contributed by atoms with van der Waals surface area (Å²) in [5.74, 6) is -0.151. The van der Waals surface area contributed by atoms with Crippen molar-refractivity contribution in [3.8, 4) is 0 Å². The Balaban J connectivity index is 2.27. The number of para-hydroxylation sites is 1. The number of thiazole rings is 1. The Hall–Kier alpha value is -1.39. The first-order valence-corrected chi connectivity index (χ1v) is 8.05. The molecule has 0 atom stereocenters. The molecule has 0 aliphatic rings. The summed E-state index contributed by atoms with van der Waals surface area (Å²) in [6.07, 6.45) is 2.19. The molecule has 2 aromatic rings. The van der Waals surface area contributed by atoms with Crippen molar-refractivity contribution in [2.24, 2.45) is 0 Å². The van der Waals surface area contributed by atoms with Crippen LogP contribution in [0.3, 0.4) is 0 Å². The van der Waals surface area contributed by atoms with E-state index in [1.54, 1.807) is 5.38 Å². The van der Waals surface area contributed by atoms with E-state index in [1.807, 2.05) is 18.2 Å². The van der Waals surface area contributed by atoms with Crippen molar-refractivity contribution in [1.29, 1.82) is 0 Å². The average molecular weight is 309 g/mol. The minimum absolute atomic E-state index is 0.0243. The maximum atomic E-state index is 11.6. The number of nitrogens with zero attached hydrogens (tertiary/aromatic N) is 2. The SMILES string of the molecule is CCCCN(c1ccccc1)c1nc(C(=O)CCl)cs1. The van der Waals surface area contributed by atoms with Gasteiger partial charge in [0, 0.05) is 17.6 Å². The summed E-state index contributed by atoms with van der Waals surface area (Å²) in [4.78, 5) is 18.2. The molecule has 1 aromatic carbocycles. The van der Waals surface area contributed by atoms with Crippen LogP contribution in [0.1, 0.15) is 30.3 Å². The van der Waals surface area contributed by atoms with Crippen molar-refractivity contribution in [2.75, 3.05) is 17.3 Å². The van der Waals surface area contributed by atoms with Gasteiger partial charge in [-0.2, -0.15) is 0 Å². The Morgan fingerprint density at radius 1 is 1.35 bits per heavy atom. The normalized spacial score (nSPS) is 10.5. The lowest BCUT2D eigenvalue weighted by Gasteiger charge is -2.21. The highest BCUT2D eigenvalue weighted by molar-refractivity contribution is 7.14. The molecule has 0 saturated heterocycles. The van der Waals surface area contributed by atoms with Gasteiger partial charge in [-0.25, -0.2) is 4.98 Å². The Bertz CT molecular complexity index is 556. The van der Waals surface area contributed by atoms with Crippen LogP contribution in [0.4, 0.5) is 10.8 Å². The molecule has 1 aromatic heterocycles. The molecule has 0 bridgehead atoms. The Labute approximate surface area is 128 Å². The van der Waals surface area contributed by atoms with Gasteiger partial charge in [0.2, 0.25) is 0 Å². The lowest BCUT2D eigenvalue weighted by molar-refractivity contribution is 0.101. The second kappa shape index (κ2) is 7.41. The third kappa shape index (κ3) is 3.58. The fourth-order valence-electron chi connectivity index (χ4n) is 1.84. The molecule has 0 saturated carbocycles. The topological polar surface area (TPSA) is 33.2 Å². The van der Waals surface area contributed by atoms with E-state index in [-0.39, 0.29) is 11.7 Å². The summed E-state index contributed by atoms with van der Waals surface area (Å²) in [6.45, 7) is 3.05. The number of carbonyl (C=O) groups excluding carboxylic acids is 1. The van der Waals surface area contributed by atoms with Crippen molar-refractivity contribution in [2.45, 2.75) is 19.8 Å². The molecule has 0 unspecified atom stereocenters. The molecule has 106 valence electrons. The highest BCUT2D eigenvalue weighted by Gasteiger charge is 2.15. The van der Waals surface area contributed by atoms with E-state index in [2.05, 4.69) is 28.9 Å². The molecule has 1 heterocycles. The van der Waals surface area contributed by atoms with Gasteiger partial charge in [-0.15, -0.1) is 22.9 Å². The molecule has 0 aliphatic carbocycles. The van der Waals surface area contributed by atoms with E-state index < -0.39 is 0 Å². The minimum Gasteiger partial charge on any atom is -0.318 e. The molecule has 0 spiro atoms. The van der Waals surface area contributed by atoms with Crippen molar-refractivity contribution in [3.05, 3.63) is 41.4 Å². The molecular weight excluding hydrogens is 292 g/mol. The summed E-state index contributed by atoms with van der Waals surface area (Å²) in [5, 5.41) is 2.63. The van der Waals surface area contributed by atoms with Gasteiger partial charge in [0.05, 0.1) is 5.88 Å². The Morgan fingerprint density at radius 3 is 2.75 bits per heavy atom. The number of unbranched alkanes of at least 4 members (excludes halogenated alkanes) is 1. The molecule has 2 rings (SSSR count). The fourth-order valence-corrected chi connectivity index (χ4v) is 2.86. The van der Waals surface area contributed by atoms with Gasteiger partial charge >= 0.3 is 0 Å². The highest BCUT2D eigenvalue weighted by Crippen LogP contribution is 2.29. The Kier molecular flexibility index (Phi) is 5.56. The van der Waals surface area contributed by atoms with Crippen LogP contribution in [0.5, 0.6) is 0 Å². The highest BCUT2D eigenvalue weighted by atomic mass is 35.5. The lowest BCUT2D eigenvalue weighted by Crippen LogP contribution is -2.18. The second-order valence-corrected chi connectivity index (χ2v) is 5.52. The molecule has 0 radical (unpaired) electrons. The van der Waals surface area contributed by atoms with Crippen LogP contribution < -0.4 is 4.90 Å². The predicted molar refractivity (Wildman–Crippen MR) is 85.5 cm³/mol. The standard InChI is InChI=1S/C15H17ClN2OS/c1-2-3-9-18(12-7-5-4-6-8-12)15-17-13(11-20-15)14(19)10-16/h4-8,11H,2-3,9-10H2,1H3. The summed E-state index contributed by atoms with van der Waals surface area (Å²) in [6, 6.07) is 10.1. The first-order valence-electron chi connectivity index (χ1n) is 6.63. The van der Waals surface area contributed by atoms with Gasteiger partial charge in [-0.1, -0.05) is 31.5 Å². The van der Waals surface area contributed by atoms with E-state index >= 15 is 0 Å². The van der Waals surface area contributed by atoms with Crippen molar-refractivity contribution in [3.63, 3.8) is 0 Å². The zero-order valence-electron chi connectivity index (χ0n) is 11.4. The van der Waals surface area contributed by atoms with Crippen molar-refractivity contribution < 1.29 is 4.79 Å². The van der Waals surface area contributed by atoms with Crippen LogP contribution >= 0.6 is 22.9 Å². The van der Waals surface area contributed by atoms with E-state index in [0.717, 1.165) is 30.2 Å². The number of alkyl halides is 1. The molecule has 0 amide bonds. The van der Waals surface area contributed by atoms with E-state index in [1.165, 1.54) is 11.3 Å². The average Bonchev–Trinajstić information content (AvgIpc) is 2.98. The number of aromatic nitrogens is 1. The van der Waals surface area contributed by atoms with Gasteiger partial charge in [0.1, 0.15) is 5.69 Å². The van der Waals surface area contributed by atoms with Gasteiger partial charge in [0.15, 0.2) is 10.9 Å². The maximum absolute atomic E-state index is 11.6. The molecule has 5 heteroatoms. The summed E-state index contributed by atoms with van der Waals surface area (Å²) in [7, 11) is 0. The van der Waals surface area contributed by atoms with Crippen LogP contribution in [-0.4, -0.2) is 23.2 Å². The van der Waals surface area contributed by atoms with Crippen LogP contribution in [0.25, 0.3) is 0 Å². The smallest absolute Gasteiger partial charge is 0.196 e. The molecular formula is C15H17ClN2OS. The van der Waals surface area contributed by atoms with Gasteiger partial charge in [0.25, 0.3) is 0 Å². The third-order valence-electron chi connectivity index (χ3n) is 2.93. The van der Waals surface area contributed by atoms with Crippen LogP contribution in [0.2, 0.25) is 0 Å². The number of rotatable bonds is 7. The summed E-state index contributed by atoms with van der Waals surface area (Å²) >= 11 is 7.06.